The molecule has 9 rings (SSSR count). The summed E-state index contributed by atoms with van der Waals surface area (Å²) in [5.74, 6) is 3.25. The predicted molar refractivity (Wildman–Crippen MR) is 237 cm³/mol. The van der Waals surface area contributed by atoms with Crippen LogP contribution in [0.5, 0.6) is 5.75 Å². The van der Waals surface area contributed by atoms with Crippen molar-refractivity contribution in [2.45, 2.75) is 68.3 Å². The number of carbonyl (C=O) groups excluding carboxylic acids is 4. The molecule has 5 aromatic rings. The first kappa shape index (κ1) is 41.4. The molecule has 63 heavy (non-hydrogen) atoms. The second-order valence-electron chi connectivity index (χ2n) is 16.5. The van der Waals surface area contributed by atoms with Crippen LogP contribution in [0.4, 0.5) is 10.5 Å². The standard InChI is InChI=1S/C52H48N4O7/c1-33(36-16-8-3-9-17-36)54-51(61)55-42-29-24-35(23-22-34-14-6-2-7-15-34)32-41(42)52(50(55)60)43(48(53)58)45-49(59)63-46(38-20-12-5-13-21-38)44(37-18-10-4-11-19-37)56(45)47(52)39-25-27-40(28-26-39)62-31-30-57/h3-5,8-14,16-21,24-29,32-33,43-47,57H,2,6-7,15,30-31H2,1H3,(H2,53,58)(H,54,61). The summed E-state index contributed by atoms with van der Waals surface area (Å²) in [5, 5.41) is 12.6. The molecule has 2 fully saturated rings. The summed E-state index contributed by atoms with van der Waals surface area (Å²) in [7, 11) is 0. The average molecular weight is 841 g/mol. The number of cyclic esters (lactones) is 1. The smallest absolute Gasteiger partial charge is 0.329 e. The molecular formula is C52H48N4O7. The van der Waals surface area contributed by atoms with Crippen molar-refractivity contribution in [3.8, 4) is 17.6 Å². The van der Waals surface area contributed by atoms with Gasteiger partial charge in [0.2, 0.25) is 11.8 Å². The Morgan fingerprint density at radius 2 is 1.54 bits per heavy atom. The second kappa shape index (κ2) is 17.4. The molecule has 0 bridgehead atoms. The van der Waals surface area contributed by atoms with E-state index in [1.54, 1.807) is 42.5 Å². The normalized spacial score (nSPS) is 24.3. The van der Waals surface area contributed by atoms with Gasteiger partial charge in [0.1, 0.15) is 29.9 Å². The number of primary amides is 1. The van der Waals surface area contributed by atoms with Crippen LogP contribution in [0, 0.1) is 17.8 Å². The van der Waals surface area contributed by atoms with Gasteiger partial charge in [-0.3, -0.25) is 19.3 Å². The van der Waals surface area contributed by atoms with Crippen LogP contribution in [0.3, 0.4) is 0 Å². The number of nitrogens with zero attached hydrogens (tertiary/aromatic N) is 2. The summed E-state index contributed by atoms with van der Waals surface area (Å²) in [4.78, 5) is 63.6. The van der Waals surface area contributed by atoms with Crippen LogP contribution in [0.1, 0.15) is 90.2 Å². The van der Waals surface area contributed by atoms with Gasteiger partial charge in [0.15, 0.2) is 0 Å². The molecule has 11 nitrogen and oxygen atoms in total. The summed E-state index contributed by atoms with van der Waals surface area (Å²) >= 11 is 0. The highest BCUT2D eigenvalue weighted by Crippen LogP contribution is 2.65. The van der Waals surface area contributed by atoms with Gasteiger partial charge >= 0.3 is 12.0 Å². The Balaban J connectivity index is 1.31. The molecule has 1 spiro atoms. The number of hydrogen-bond acceptors (Lipinski definition) is 8. The highest BCUT2D eigenvalue weighted by Gasteiger charge is 2.75. The van der Waals surface area contributed by atoms with Crippen LogP contribution in [-0.2, 0) is 24.5 Å². The quantitative estimate of drug-likeness (QED) is 0.102. The van der Waals surface area contributed by atoms with Gasteiger partial charge in [-0.15, -0.1) is 0 Å². The summed E-state index contributed by atoms with van der Waals surface area (Å²) < 4.78 is 12.2. The molecule has 1 aliphatic carbocycles. The number of hydrogen-bond donors (Lipinski definition) is 3. The Morgan fingerprint density at radius 3 is 2.19 bits per heavy atom. The van der Waals surface area contributed by atoms with Crippen molar-refractivity contribution < 1.29 is 33.8 Å². The Bertz CT molecular complexity index is 2630. The maximum atomic E-state index is 16.2. The van der Waals surface area contributed by atoms with E-state index in [0.717, 1.165) is 47.3 Å². The van der Waals surface area contributed by atoms with Gasteiger partial charge < -0.3 is 25.6 Å². The van der Waals surface area contributed by atoms with E-state index in [-0.39, 0.29) is 18.9 Å². The molecular weight excluding hydrogens is 793 g/mol. The molecule has 5 aromatic carbocycles. The number of nitrogens with one attached hydrogen (secondary N) is 1. The maximum absolute atomic E-state index is 16.2. The zero-order valence-corrected chi connectivity index (χ0v) is 34.9. The first-order chi connectivity index (χ1) is 30.7. The van der Waals surface area contributed by atoms with Gasteiger partial charge in [-0.25, -0.2) is 9.69 Å². The van der Waals surface area contributed by atoms with E-state index in [1.165, 1.54) is 0 Å². The molecule has 4 N–H and O–H groups in total. The molecule has 4 amide bonds. The van der Waals surface area contributed by atoms with Crippen molar-refractivity contribution in [2.75, 3.05) is 18.1 Å². The number of anilines is 1. The number of urea groups is 1. The van der Waals surface area contributed by atoms with E-state index in [0.29, 0.717) is 28.0 Å². The number of imide groups is 1. The molecule has 11 heteroatoms. The number of aliphatic hydroxyl groups excluding tert-OH is 1. The SMILES string of the molecule is CC(NC(=O)N1C(=O)C2(c3cc(C#CC4=CCCCC4)ccc31)C(C(N)=O)C1C(=O)OC(c3ccccc3)C(c3ccccc3)N1C2c1ccc(OCCO)cc1)c1ccccc1. The summed E-state index contributed by atoms with van der Waals surface area (Å²) in [5.41, 5.74) is 9.63. The number of aliphatic hydroxyl groups is 1. The number of benzene rings is 5. The Morgan fingerprint density at radius 1 is 0.857 bits per heavy atom. The summed E-state index contributed by atoms with van der Waals surface area (Å²) in [6.45, 7) is 1.70. The van der Waals surface area contributed by atoms with Crippen molar-refractivity contribution in [2.24, 2.45) is 11.7 Å². The third kappa shape index (κ3) is 7.35. The molecule has 318 valence electrons. The van der Waals surface area contributed by atoms with Gasteiger partial charge in [-0.05, 0) is 96.3 Å². The molecule has 7 atom stereocenters. The minimum absolute atomic E-state index is 0.0589. The van der Waals surface area contributed by atoms with E-state index < -0.39 is 65.4 Å². The Labute approximate surface area is 366 Å². The van der Waals surface area contributed by atoms with Crippen LogP contribution >= 0.6 is 0 Å². The van der Waals surface area contributed by atoms with E-state index >= 15 is 4.79 Å². The maximum Gasteiger partial charge on any atom is 0.329 e. The van der Waals surface area contributed by atoms with Crippen molar-refractivity contribution in [3.05, 3.63) is 178 Å². The van der Waals surface area contributed by atoms with Gasteiger partial charge in [0.05, 0.1) is 36.3 Å². The number of rotatable bonds is 9. The number of amides is 4. The number of morpholine rings is 1. The van der Waals surface area contributed by atoms with E-state index in [9.17, 15) is 19.5 Å². The fourth-order valence-electron chi connectivity index (χ4n) is 10.1. The molecule has 0 radical (unpaired) electrons. The third-order valence-corrected chi connectivity index (χ3v) is 12.8. The predicted octanol–water partition coefficient (Wildman–Crippen LogP) is 7.53. The molecule has 0 saturated carbocycles. The first-order valence-corrected chi connectivity index (χ1v) is 21.5. The lowest BCUT2D eigenvalue weighted by Gasteiger charge is -2.46. The van der Waals surface area contributed by atoms with Crippen molar-refractivity contribution in [1.29, 1.82) is 0 Å². The highest BCUT2D eigenvalue weighted by atomic mass is 16.6. The molecule has 3 heterocycles. The second-order valence-corrected chi connectivity index (χ2v) is 16.5. The fraction of sp³-hybridized carbons (Fsp3) is 0.269. The number of allylic oxidation sites excluding steroid dienone is 2. The molecule has 4 aliphatic rings. The lowest BCUT2D eigenvalue weighted by atomic mass is 9.65. The number of fused-ring (bicyclic) bond motifs is 3. The van der Waals surface area contributed by atoms with Crippen LogP contribution in [0.2, 0.25) is 0 Å². The van der Waals surface area contributed by atoms with Gasteiger partial charge in [0.25, 0.3) is 0 Å². The van der Waals surface area contributed by atoms with Crippen molar-refractivity contribution in [3.63, 3.8) is 0 Å². The van der Waals surface area contributed by atoms with E-state index in [4.69, 9.17) is 15.2 Å². The first-order valence-electron chi connectivity index (χ1n) is 21.5. The minimum atomic E-state index is -1.97. The topological polar surface area (TPSA) is 151 Å². The zero-order valence-electron chi connectivity index (χ0n) is 34.9. The van der Waals surface area contributed by atoms with Gasteiger partial charge in [-0.2, -0.15) is 0 Å². The summed E-state index contributed by atoms with van der Waals surface area (Å²) in [6, 6.07) is 36.2. The van der Waals surface area contributed by atoms with Crippen molar-refractivity contribution in [1.82, 2.24) is 10.2 Å². The Hall–Kier alpha value is -7.00. The Kier molecular flexibility index (Phi) is 11.4. The lowest BCUT2D eigenvalue weighted by Crippen LogP contribution is -2.55. The van der Waals surface area contributed by atoms with E-state index in [2.05, 4.69) is 23.2 Å². The molecule has 2 saturated heterocycles. The molecule has 3 aliphatic heterocycles. The van der Waals surface area contributed by atoms with Crippen LogP contribution < -0.4 is 20.7 Å². The lowest BCUT2D eigenvalue weighted by molar-refractivity contribution is -0.178. The summed E-state index contributed by atoms with van der Waals surface area (Å²) in [6.07, 6.45) is 5.23. The highest BCUT2D eigenvalue weighted by molar-refractivity contribution is 6.24. The van der Waals surface area contributed by atoms with Gasteiger partial charge in [0, 0.05) is 5.56 Å². The third-order valence-electron chi connectivity index (χ3n) is 12.8. The van der Waals surface area contributed by atoms with Gasteiger partial charge in [-0.1, -0.05) is 121 Å². The molecule has 0 aromatic heterocycles. The van der Waals surface area contributed by atoms with Crippen molar-refractivity contribution >= 4 is 29.5 Å². The molecule has 7 unspecified atom stereocenters. The number of esters is 1. The van der Waals surface area contributed by atoms with Crippen LogP contribution in [0.25, 0.3) is 0 Å². The largest absolute Gasteiger partial charge is 0.491 e. The number of nitrogens with two attached hydrogens (primary N) is 1. The average Bonchev–Trinajstić information content (AvgIpc) is 3.78. The fourth-order valence-corrected chi connectivity index (χ4v) is 10.1. The zero-order chi connectivity index (χ0) is 43.7. The number of ether oxygens (including phenoxy) is 2. The van der Waals surface area contributed by atoms with Crippen LogP contribution in [-0.4, -0.2) is 53.1 Å². The van der Waals surface area contributed by atoms with Crippen LogP contribution in [0.15, 0.2) is 145 Å². The number of carbonyl (C=O) groups is 4. The monoisotopic (exact) mass is 840 g/mol. The minimum Gasteiger partial charge on any atom is -0.491 e. The van der Waals surface area contributed by atoms with E-state index in [1.807, 2.05) is 103 Å².